The number of nitrogens with zero attached hydrogens (tertiary/aromatic N) is 2. The van der Waals surface area contributed by atoms with Crippen molar-refractivity contribution >= 4 is 11.6 Å². The molecule has 9 unspecified atom stereocenters. The Balaban J connectivity index is 1.10. The van der Waals surface area contributed by atoms with Gasteiger partial charge >= 0.3 is 0 Å². The summed E-state index contributed by atoms with van der Waals surface area (Å²) in [4.78, 5) is 27.8. The Hall–Kier alpha value is -0.780. The first kappa shape index (κ1) is 23.3. The number of hydrogen-bond donors (Lipinski definition) is 1. The van der Waals surface area contributed by atoms with Crippen molar-refractivity contribution in [3.8, 4) is 0 Å². The Morgan fingerprint density at radius 3 is 2.57 bits per heavy atom. The number of fused-ring (bicyclic) bond motifs is 2. The van der Waals surface area contributed by atoms with Crippen molar-refractivity contribution in [3.05, 3.63) is 0 Å². The zero-order valence-electron chi connectivity index (χ0n) is 22.0. The van der Waals surface area contributed by atoms with Crippen LogP contribution in [0, 0.1) is 46.3 Å². The van der Waals surface area contributed by atoms with Crippen LogP contribution in [0.2, 0.25) is 0 Å². The van der Waals surface area contributed by atoms with Crippen molar-refractivity contribution in [1.82, 2.24) is 10.0 Å². The number of rotatable bonds is 4. The standard InChI is InChI=1S/C30H46N2O3/c1-28(35)12-13-30-19(16-28)8-9-21-23-10-11-24(29(23,2)17-22(26(21)30)27(30)34)25(33)18-31-14-5-15-32(31)20-6-3-4-7-20/h19-24,26,35H,3-18H2,1-2H3. The van der Waals surface area contributed by atoms with Gasteiger partial charge in [0.25, 0.3) is 0 Å². The largest absolute Gasteiger partial charge is 0.390 e. The molecule has 1 saturated heterocycles. The summed E-state index contributed by atoms with van der Waals surface area (Å²) in [7, 11) is 0. The summed E-state index contributed by atoms with van der Waals surface area (Å²) in [5, 5.41) is 15.7. The second-order valence-corrected chi connectivity index (χ2v) is 14.4. The minimum absolute atomic E-state index is 0.00506. The van der Waals surface area contributed by atoms with E-state index in [1.165, 1.54) is 44.9 Å². The zero-order chi connectivity index (χ0) is 24.2. The lowest BCUT2D eigenvalue weighted by atomic mass is 9.32. The SMILES string of the molecule is CC1(O)CCC23C(=O)C4CC5(C)C(C(=O)CN6CCCN6C6CCCC6)CCC5C(CCC2C1)C43. The molecule has 1 N–H and O–H groups in total. The van der Waals surface area contributed by atoms with E-state index in [0.717, 1.165) is 51.6 Å². The summed E-state index contributed by atoms with van der Waals surface area (Å²) >= 11 is 0. The average Bonchev–Trinajstić information content (AvgIpc) is 3.56. The summed E-state index contributed by atoms with van der Waals surface area (Å²) in [5.74, 6) is 3.45. The van der Waals surface area contributed by atoms with E-state index in [2.05, 4.69) is 16.9 Å². The minimum Gasteiger partial charge on any atom is -0.390 e. The van der Waals surface area contributed by atoms with Crippen molar-refractivity contribution in [2.24, 2.45) is 46.3 Å². The Labute approximate surface area is 211 Å². The van der Waals surface area contributed by atoms with E-state index < -0.39 is 5.60 Å². The molecule has 9 atom stereocenters. The van der Waals surface area contributed by atoms with Crippen LogP contribution in [-0.4, -0.2) is 58.0 Å². The van der Waals surface area contributed by atoms with E-state index in [-0.39, 0.29) is 22.7 Å². The van der Waals surface area contributed by atoms with Crippen LogP contribution in [0.25, 0.3) is 0 Å². The number of carbonyl (C=O) groups is 2. The first-order valence-corrected chi connectivity index (χ1v) is 15.1. The van der Waals surface area contributed by atoms with Gasteiger partial charge in [-0.2, -0.15) is 0 Å². The van der Waals surface area contributed by atoms with Gasteiger partial charge in [-0.3, -0.25) is 9.59 Å². The Morgan fingerprint density at radius 1 is 0.971 bits per heavy atom. The molecule has 1 spiro atoms. The van der Waals surface area contributed by atoms with Gasteiger partial charge in [-0.05, 0) is 107 Å². The van der Waals surface area contributed by atoms with Crippen LogP contribution in [0.5, 0.6) is 0 Å². The molecule has 0 amide bonds. The van der Waals surface area contributed by atoms with Crippen LogP contribution in [0.3, 0.4) is 0 Å². The Bertz CT molecular complexity index is 911. The van der Waals surface area contributed by atoms with Gasteiger partial charge in [0.05, 0.1) is 12.1 Å². The van der Waals surface area contributed by atoms with E-state index in [0.29, 0.717) is 47.8 Å². The number of hydrazine groups is 1. The van der Waals surface area contributed by atoms with Crippen molar-refractivity contribution in [2.45, 2.75) is 109 Å². The van der Waals surface area contributed by atoms with Crippen molar-refractivity contribution in [3.63, 3.8) is 0 Å². The number of ketones is 2. The predicted octanol–water partition coefficient (Wildman–Crippen LogP) is 4.62. The maximum atomic E-state index is 13.9. The second-order valence-electron chi connectivity index (χ2n) is 14.4. The number of aliphatic hydroxyl groups is 1. The van der Waals surface area contributed by atoms with Gasteiger partial charge in [0, 0.05) is 36.4 Å². The predicted molar refractivity (Wildman–Crippen MR) is 134 cm³/mol. The lowest BCUT2D eigenvalue weighted by Crippen LogP contribution is -2.72. The molecule has 0 bridgehead atoms. The molecule has 0 aromatic carbocycles. The molecule has 0 radical (unpaired) electrons. The fourth-order valence-corrected chi connectivity index (χ4v) is 11.5. The van der Waals surface area contributed by atoms with Gasteiger partial charge < -0.3 is 5.11 Å². The van der Waals surface area contributed by atoms with Gasteiger partial charge in [-0.15, -0.1) is 0 Å². The third kappa shape index (κ3) is 3.16. The zero-order valence-corrected chi connectivity index (χ0v) is 22.0. The fraction of sp³-hybridized carbons (Fsp3) is 0.933. The second kappa shape index (κ2) is 7.86. The molecule has 1 heterocycles. The number of hydrogen-bond acceptors (Lipinski definition) is 5. The number of carbonyl (C=O) groups excluding carboxylic acids is 2. The highest BCUT2D eigenvalue weighted by molar-refractivity contribution is 5.95. The highest BCUT2D eigenvalue weighted by Crippen LogP contribution is 2.75. The first-order valence-electron chi connectivity index (χ1n) is 15.1. The van der Waals surface area contributed by atoms with Crippen molar-refractivity contribution in [1.29, 1.82) is 0 Å². The molecular formula is C30H46N2O3. The van der Waals surface area contributed by atoms with Crippen molar-refractivity contribution < 1.29 is 14.7 Å². The smallest absolute Gasteiger partial charge is 0.151 e. The molecule has 1 aliphatic heterocycles. The summed E-state index contributed by atoms with van der Waals surface area (Å²) in [6.07, 6.45) is 14.4. The van der Waals surface area contributed by atoms with Gasteiger partial charge in [0.2, 0.25) is 0 Å². The quantitative estimate of drug-likeness (QED) is 0.634. The van der Waals surface area contributed by atoms with Crippen LogP contribution in [0.1, 0.15) is 97.3 Å². The Kier molecular flexibility index (Phi) is 5.25. The molecule has 0 aromatic rings. The van der Waals surface area contributed by atoms with Crippen LogP contribution in [-0.2, 0) is 9.59 Å². The third-order valence-corrected chi connectivity index (χ3v) is 12.9. The third-order valence-electron chi connectivity index (χ3n) is 12.9. The highest BCUT2D eigenvalue weighted by Gasteiger charge is 2.75. The van der Waals surface area contributed by atoms with Crippen LogP contribution in [0.15, 0.2) is 0 Å². The monoisotopic (exact) mass is 482 g/mol. The number of Topliss-reactive ketones (excluding diaryl/α,β-unsaturated/α-hetero) is 2. The lowest BCUT2D eigenvalue weighted by molar-refractivity contribution is -0.227. The van der Waals surface area contributed by atoms with Crippen LogP contribution in [0.4, 0.5) is 0 Å². The van der Waals surface area contributed by atoms with Crippen LogP contribution < -0.4 is 0 Å². The molecule has 35 heavy (non-hydrogen) atoms. The van der Waals surface area contributed by atoms with E-state index in [4.69, 9.17) is 0 Å². The molecule has 6 aliphatic carbocycles. The molecule has 7 rings (SSSR count). The Morgan fingerprint density at radius 2 is 1.77 bits per heavy atom. The summed E-state index contributed by atoms with van der Waals surface area (Å²) in [5.41, 5.74) is -0.716. The molecule has 6 saturated carbocycles. The average molecular weight is 483 g/mol. The van der Waals surface area contributed by atoms with Gasteiger partial charge in [-0.25, -0.2) is 10.0 Å². The summed E-state index contributed by atoms with van der Waals surface area (Å²) in [6.45, 7) is 7.13. The van der Waals surface area contributed by atoms with E-state index >= 15 is 0 Å². The molecule has 194 valence electrons. The topological polar surface area (TPSA) is 60.9 Å². The highest BCUT2D eigenvalue weighted by atomic mass is 16.3. The molecular weight excluding hydrogens is 436 g/mol. The molecule has 7 fully saturated rings. The normalized spacial score (nSPS) is 52.1. The first-order chi connectivity index (χ1) is 16.7. The fourth-order valence-electron chi connectivity index (χ4n) is 11.5. The molecule has 7 aliphatic rings. The summed E-state index contributed by atoms with van der Waals surface area (Å²) < 4.78 is 0. The van der Waals surface area contributed by atoms with Gasteiger partial charge in [-0.1, -0.05) is 19.8 Å². The summed E-state index contributed by atoms with van der Waals surface area (Å²) in [6, 6.07) is 0.655. The van der Waals surface area contributed by atoms with Gasteiger partial charge in [0.1, 0.15) is 5.78 Å². The van der Waals surface area contributed by atoms with Crippen molar-refractivity contribution in [2.75, 3.05) is 19.6 Å². The lowest BCUT2D eigenvalue weighted by Gasteiger charge is -2.71. The minimum atomic E-state index is -0.593. The maximum Gasteiger partial charge on any atom is 0.151 e. The van der Waals surface area contributed by atoms with E-state index in [1.807, 2.05) is 6.92 Å². The molecule has 5 nitrogen and oxygen atoms in total. The molecule has 0 aromatic heterocycles. The maximum absolute atomic E-state index is 13.9. The van der Waals surface area contributed by atoms with Gasteiger partial charge in [0.15, 0.2) is 5.78 Å². The van der Waals surface area contributed by atoms with Crippen LogP contribution >= 0.6 is 0 Å². The van der Waals surface area contributed by atoms with E-state index in [9.17, 15) is 14.7 Å². The molecule has 5 heteroatoms. The van der Waals surface area contributed by atoms with E-state index in [1.54, 1.807) is 0 Å².